The van der Waals surface area contributed by atoms with Gasteiger partial charge in [0.05, 0.1) is 9.37 Å². The minimum atomic E-state index is -3.77. The summed E-state index contributed by atoms with van der Waals surface area (Å²) in [5, 5.41) is 7.61. The van der Waals surface area contributed by atoms with Gasteiger partial charge in [-0.1, -0.05) is 6.08 Å². The topological polar surface area (TPSA) is 98.5 Å². The summed E-state index contributed by atoms with van der Waals surface area (Å²) < 4.78 is 28.2. The van der Waals surface area contributed by atoms with Gasteiger partial charge in [0.1, 0.15) is 5.75 Å². The molecule has 0 bridgehead atoms. The SMILES string of the molecule is C=CCNC(=O)C(C)Oc1ccc(S(N)(=O)=O)cc1Br. The van der Waals surface area contributed by atoms with Gasteiger partial charge in [0.2, 0.25) is 10.0 Å². The van der Waals surface area contributed by atoms with Gasteiger partial charge in [-0.2, -0.15) is 0 Å². The maximum Gasteiger partial charge on any atom is 0.261 e. The van der Waals surface area contributed by atoms with Crippen LogP contribution >= 0.6 is 15.9 Å². The number of carbonyl (C=O) groups is 1. The first kappa shape index (κ1) is 16.7. The lowest BCUT2D eigenvalue weighted by molar-refractivity contribution is -0.127. The van der Waals surface area contributed by atoms with Crippen molar-refractivity contribution in [3.05, 3.63) is 35.3 Å². The third-order valence-corrected chi connectivity index (χ3v) is 3.86. The van der Waals surface area contributed by atoms with Crippen LogP contribution in [0.2, 0.25) is 0 Å². The number of hydrogen-bond acceptors (Lipinski definition) is 4. The predicted molar refractivity (Wildman–Crippen MR) is 78.8 cm³/mol. The zero-order chi connectivity index (χ0) is 15.3. The van der Waals surface area contributed by atoms with E-state index < -0.39 is 16.1 Å². The summed E-state index contributed by atoms with van der Waals surface area (Å²) in [7, 11) is -3.77. The van der Waals surface area contributed by atoms with E-state index in [2.05, 4.69) is 27.8 Å². The fourth-order valence-corrected chi connectivity index (χ4v) is 2.48. The number of carbonyl (C=O) groups excluding carboxylic acids is 1. The molecule has 0 saturated carbocycles. The molecular formula is C12H15BrN2O4S. The molecule has 0 saturated heterocycles. The van der Waals surface area contributed by atoms with E-state index in [1.165, 1.54) is 18.2 Å². The van der Waals surface area contributed by atoms with Gasteiger partial charge >= 0.3 is 0 Å². The molecule has 0 aliphatic carbocycles. The first-order chi connectivity index (χ1) is 9.25. The zero-order valence-electron chi connectivity index (χ0n) is 10.8. The summed E-state index contributed by atoms with van der Waals surface area (Å²) in [5.41, 5.74) is 0. The first-order valence-electron chi connectivity index (χ1n) is 5.63. The van der Waals surface area contributed by atoms with Crippen molar-refractivity contribution in [1.29, 1.82) is 0 Å². The van der Waals surface area contributed by atoms with Gasteiger partial charge in [-0.25, -0.2) is 13.6 Å². The predicted octanol–water partition coefficient (Wildman–Crippen LogP) is 1.17. The van der Waals surface area contributed by atoms with Crippen molar-refractivity contribution in [2.24, 2.45) is 5.14 Å². The Kier molecular flexibility index (Phi) is 5.73. The second-order valence-electron chi connectivity index (χ2n) is 3.93. The van der Waals surface area contributed by atoms with Crippen LogP contribution in [0.1, 0.15) is 6.92 Å². The lowest BCUT2D eigenvalue weighted by Crippen LogP contribution is -2.36. The van der Waals surface area contributed by atoms with Crippen molar-refractivity contribution in [1.82, 2.24) is 5.32 Å². The number of benzene rings is 1. The van der Waals surface area contributed by atoms with Gasteiger partial charge in [-0.05, 0) is 41.1 Å². The third kappa shape index (κ3) is 4.62. The fraction of sp³-hybridized carbons (Fsp3) is 0.250. The molecule has 0 heterocycles. The van der Waals surface area contributed by atoms with Crippen molar-refractivity contribution >= 4 is 31.9 Å². The van der Waals surface area contributed by atoms with Crippen molar-refractivity contribution in [2.75, 3.05) is 6.54 Å². The van der Waals surface area contributed by atoms with Crippen LogP contribution in [0, 0.1) is 0 Å². The largest absolute Gasteiger partial charge is 0.480 e. The number of nitrogens with one attached hydrogen (secondary N) is 1. The summed E-state index contributed by atoms with van der Waals surface area (Å²) in [6, 6.07) is 4.06. The van der Waals surface area contributed by atoms with Crippen molar-refractivity contribution in [3.8, 4) is 5.75 Å². The lowest BCUT2D eigenvalue weighted by atomic mass is 10.3. The molecule has 0 aliphatic rings. The molecule has 6 nitrogen and oxygen atoms in total. The number of hydrogen-bond donors (Lipinski definition) is 2. The minimum Gasteiger partial charge on any atom is -0.480 e. The van der Waals surface area contributed by atoms with Crippen molar-refractivity contribution in [2.45, 2.75) is 17.9 Å². The van der Waals surface area contributed by atoms with Crippen LogP contribution in [0.15, 0.2) is 40.2 Å². The summed E-state index contributed by atoms with van der Waals surface area (Å²) in [6.45, 7) is 5.42. The smallest absolute Gasteiger partial charge is 0.261 e. The Hall–Kier alpha value is -1.38. The van der Waals surface area contributed by atoms with E-state index in [-0.39, 0.29) is 10.8 Å². The second-order valence-corrected chi connectivity index (χ2v) is 6.35. The molecule has 0 fully saturated rings. The molecular weight excluding hydrogens is 348 g/mol. The molecule has 3 N–H and O–H groups in total. The van der Waals surface area contributed by atoms with E-state index in [9.17, 15) is 13.2 Å². The molecule has 1 unspecified atom stereocenters. The third-order valence-electron chi connectivity index (χ3n) is 2.33. The normalized spacial score (nSPS) is 12.6. The van der Waals surface area contributed by atoms with Gasteiger partial charge in [0, 0.05) is 6.54 Å². The number of primary sulfonamides is 1. The highest BCUT2D eigenvalue weighted by Crippen LogP contribution is 2.28. The van der Waals surface area contributed by atoms with E-state index >= 15 is 0 Å². The highest BCUT2D eigenvalue weighted by Gasteiger charge is 2.16. The van der Waals surface area contributed by atoms with E-state index in [1.807, 2.05) is 0 Å². The van der Waals surface area contributed by atoms with Gasteiger partial charge in [0.15, 0.2) is 6.10 Å². The molecule has 0 spiro atoms. The molecule has 1 atom stereocenters. The molecule has 110 valence electrons. The van der Waals surface area contributed by atoms with E-state index in [0.717, 1.165) is 0 Å². The zero-order valence-corrected chi connectivity index (χ0v) is 13.2. The van der Waals surface area contributed by atoms with Crippen LogP contribution in [0.25, 0.3) is 0 Å². The Labute approximate surface area is 126 Å². The number of halogens is 1. The van der Waals surface area contributed by atoms with Crippen LogP contribution in [0.4, 0.5) is 0 Å². The number of amides is 1. The van der Waals surface area contributed by atoms with Gasteiger partial charge < -0.3 is 10.1 Å². The maximum atomic E-state index is 11.6. The van der Waals surface area contributed by atoms with Crippen LogP contribution in [0.3, 0.4) is 0 Å². The Bertz CT molecular complexity index is 616. The monoisotopic (exact) mass is 362 g/mol. The van der Waals surface area contributed by atoms with Crippen LogP contribution < -0.4 is 15.2 Å². The number of rotatable bonds is 6. The molecule has 1 amide bonds. The highest BCUT2D eigenvalue weighted by molar-refractivity contribution is 9.10. The lowest BCUT2D eigenvalue weighted by Gasteiger charge is -2.15. The average Bonchev–Trinajstić information content (AvgIpc) is 2.36. The molecule has 0 aromatic heterocycles. The molecule has 20 heavy (non-hydrogen) atoms. The minimum absolute atomic E-state index is 0.0412. The van der Waals surface area contributed by atoms with E-state index in [4.69, 9.17) is 9.88 Å². The summed E-state index contributed by atoms with van der Waals surface area (Å²) >= 11 is 3.18. The van der Waals surface area contributed by atoms with Crippen molar-refractivity contribution < 1.29 is 17.9 Å². The molecule has 0 radical (unpaired) electrons. The molecule has 1 aromatic carbocycles. The van der Waals surface area contributed by atoms with Crippen molar-refractivity contribution in [3.63, 3.8) is 0 Å². The maximum absolute atomic E-state index is 11.6. The Morgan fingerprint density at radius 2 is 2.25 bits per heavy atom. The molecule has 1 rings (SSSR count). The number of nitrogens with two attached hydrogens (primary N) is 1. The molecule has 8 heteroatoms. The average molecular weight is 363 g/mol. The van der Waals surface area contributed by atoms with Gasteiger partial charge in [0.25, 0.3) is 5.91 Å². The van der Waals surface area contributed by atoms with E-state index in [0.29, 0.717) is 16.8 Å². The van der Waals surface area contributed by atoms with E-state index in [1.54, 1.807) is 13.0 Å². The fourth-order valence-electron chi connectivity index (χ4n) is 1.31. The quantitative estimate of drug-likeness (QED) is 0.741. The van der Waals surface area contributed by atoms with Crippen LogP contribution in [-0.2, 0) is 14.8 Å². The molecule has 1 aromatic rings. The van der Waals surface area contributed by atoms with Gasteiger partial charge in [-0.3, -0.25) is 4.79 Å². The number of ether oxygens (including phenoxy) is 1. The highest BCUT2D eigenvalue weighted by atomic mass is 79.9. The first-order valence-corrected chi connectivity index (χ1v) is 7.97. The Morgan fingerprint density at radius 3 is 2.75 bits per heavy atom. The Morgan fingerprint density at radius 1 is 1.60 bits per heavy atom. The summed E-state index contributed by atoms with van der Waals surface area (Å²) in [6.07, 6.45) is 0.827. The van der Waals surface area contributed by atoms with Crippen LogP contribution in [0.5, 0.6) is 5.75 Å². The summed E-state index contributed by atoms with van der Waals surface area (Å²) in [4.78, 5) is 11.6. The standard InChI is InChI=1S/C12H15BrN2O4S/c1-3-6-15-12(16)8(2)19-11-5-4-9(7-10(11)13)20(14,17)18/h3-5,7-8H,1,6H2,2H3,(H,15,16)(H2,14,17,18). The second kappa shape index (κ2) is 6.87. The molecule has 0 aliphatic heterocycles. The number of sulfonamides is 1. The Balaban J connectivity index is 2.84. The summed E-state index contributed by atoms with van der Waals surface area (Å²) in [5.74, 6) is 0.0472. The van der Waals surface area contributed by atoms with Crippen LogP contribution in [-0.4, -0.2) is 27.0 Å². The van der Waals surface area contributed by atoms with Gasteiger partial charge in [-0.15, -0.1) is 6.58 Å².